The molecule has 142 valence electrons. The first kappa shape index (κ1) is 16.8. The Bertz CT molecular complexity index is 599. The molecule has 0 amide bonds. The van der Waals surface area contributed by atoms with E-state index in [9.17, 15) is 40.9 Å². The van der Waals surface area contributed by atoms with Crippen LogP contribution < -0.4 is 0 Å². The molecule has 0 aromatic heterocycles. The van der Waals surface area contributed by atoms with Gasteiger partial charge in [0.05, 0.1) is 30.0 Å². The zero-order valence-electron chi connectivity index (χ0n) is 13.6. The van der Waals surface area contributed by atoms with Crippen LogP contribution in [0.1, 0.15) is 12.8 Å². The lowest BCUT2D eigenvalue weighted by molar-refractivity contribution is -0.372. The summed E-state index contributed by atoms with van der Waals surface area (Å²) < 4.78 is 0. The highest BCUT2D eigenvalue weighted by Gasteiger charge is 2.83. The molecule has 5 rings (SSSR count). The first-order valence-corrected chi connectivity index (χ1v) is 9.15. The molecule has 0 heterocycles. The summed E-state index contributed by atoms with van der Waals surface area (Å²) in [5, 5.41) is 82.4. The topological polar surface area (TPSA) is 162 Å². The predicted octanol–water partition coefficient (Wildman–Crippen LogP) is -3.59. The van der Waals surface area contributed by atoms with Crippen molar-refractivity contribution in [1.29, 1.82) is 0 Å². The van der Waals surface area contributed by atoms with Crippen LogP contribution in [0.5, 0.6) is 0 Å². The number of rotatable bonds is 2. The quantitative estimate of drug-likeness (QED) is 0.251. The molecule has 0 saturated heterocycles. The van der Waals surface area contributed by atoms with Crippen molar-refractivity contribution in [1.82, 2.24) is 0 Å². The Morgan fingerprint density at radius 2 is 1.48 bits per heavy atom. The van der Waals surface area contributed by atoms with Gasteiger partial charge in [-0.05, 0) is 30.1 Å². The molecule has 0 bridgehead atoms. The van der Waals surface area contributed by atoms with E-state index in [1.54, 1.807) is 0 Å². The summed E-state index contributed by atoms with van der Waals surface area (Å²) in [5.74, 6) is -3.44. The molecule has 8 nitrogen and oxygen atoms in total. The van der Waals surface area contributed by atoms with Gasteiger partial charge in [0.1, 0.15) is 11.7 Å². The van der Waals surface area contributed by atoms with E-state index in [1.165, 1.54) is 0 Å². The third kappa shape index (κ3) is 1.55. The molecule has 5 saturated carbocycles. The van der Waals surface area contributed by atoms with Crippen molar-refractivity contribution in [2.75, 3.05) is 6.61 Å². The van der Waals surface area contributed by atoms with Gasteiger partial charge < -0.3 is 40.9 Å². The monoisotopic (exact) mass is 358 g/mol. The number of fused-ring (bicyclic) bond motifs is 5. The molecule has 13 unspecified atom stereocenters. The first-order chi connectivity index (χ1) is 11.7. The summed E-state index contributed by atoms with van der Waals surface area (Å²) in [6, 6.07) is 0. The number of hydrogen-bond acceptors (Lipinski definition) is 8. The van der Waals surface area contributed by atoms with E-state index in [-0.39, 0.29) is 13.0 Å². The standard InChI is InChI=1S/C17H26O8/c18-3-4-8(5-1-6-12(20)7(19)2-16(5,6)24)13(21)9-10(4)17(25)11(9)14(22)15(17)23/h4-15,18-25H,1-3H2/t4?,5?,6?,7?,8?,9?,10?,11?,12?,13?,14?,15?,16?,17-/m1/s1. The first-order valence-electron chi connectivity index (χ1n) is 9.15. The fourth-order valence-electron chi connectivity index (χ4n) is 7.51. The smallest absolute Gasteiger partial charge is 0.110 e. The van der Waals surface area contributed by atoms with Gasteiger partial charge in [-0.15, -0.1) is 0 Å². The molecule has 0 radical (unpaired) electrons. The second kappa shape index (κ2) is 4.74. The summed E-state index contributed by atoms with van der Waals surface area (Å²) >= 11 is 0. The lowest BCUT2D eigenvalue weighted by Crippen LogP contribution is -2.84. The molecular formula is C17H26O8. The maximum atomic E-state index is 11.0. The molecule has 5 aliphatic rings. The van der Waals surface area contributed by atoms with Crippen LogP contribution in [0.4, 0.5) is 0 Å². The average molecular weight is 358 g/mol. The van der Waals surface area contributed by atoms with Crippen LogP contribution >= 0.6 is 0 Å². The molecule has 0 aliphatic heterocycles. The minimum absolute atomic E-state index is 0.0269. The van der Waals surface area contributed by atoms with Crippen molar-refractivity contribution in [3.8, 4) is 0 Å². The van der Waals surface area contributed by atoms with Crippen LogP contribution in [0.15, 0.2) is 0 Å². The fourth-order valence-corrected chi connectivity index (χ4v) is 7.51. The van der Waals surface area contributed by atoms with Gasteiger partial charge in [-0.2, -0.15) is 0 Å². The van der Waals surface area contributed by atoms with Crippen LogP contribution in [-0.4, -0.2) is 89.2 Å². The molecule has 0 spiro atoms. The highest BCUT2D eigenvalue weighted by molar-refractivity contribution is 5.32. The number of hydrogen-bond donors (Lipinski definition) is 8. The molecule has 8 N–H and O–H groups in total. The van der Waals surface area contributed by atoms with Gasteiger partial charge in [0, 0.05) is 30.8 Å². The molecule has 14 atom stereocenters. The van der Waals surface area contributed by atoms with Crippen molar-refractivity contribution >= 4 is 0 Å². The highest BCUT2D eigenvalue weighted by Crippen LogP contribution is 2.72. The molecule has 0 aromatic carbocycles. The summed E-state index contributed by atoms with van der Waals surface area (Å²) in [5.41, 5.74) is -2.78. The van der Waals surface area contributed by atoms with Crippen LogP contribution in [0.25, 0.3) is 0 Å². The summed E-state index contributed by atoms with van der Waals surface area (Å²) in [4.78, 5) is 0. The fraction of sp³-hybridized carbons (Fsp3) is 1.00. The van der Waals surface area contributed by atoms with E-state index < -0.39 is 83.1 Å². The van der Waals surface area contributed by atoms with Crippen molar-refractivity contribution in [3.63, 3.8) is 0 Å². The Morgan fingerprint density at radius 3 is 2.08 bits per heavy atom. The Labute approximate surface area is 144 Å². The van der Waals surface area contributed by atoms with E-state index in [2.05, 4.69) is 0 Å². The van der Waals surface area contributed by atoms with Crippen LogP contribution in [-0.2, 0) is 0 Å². The van der Waals surface area contributed by atoms with Gasteiger partial charge in [-0.3, -0.25) is 0 Å². The second-order valence-electron chi connectivity index (χ2n) is 9.07. The summed E-state index contributed by atoms with van der Waals surface area (Å²) in [6.07, 6.45) is -4.84. The minimum atomic E-state index is -1.49. The molecular weight excluding hydrogens is 332 g/mol. The van der Waals surface area contributed by atoms with Gasteiger partial charge in [0.25, 0.3) is 0 Å². The van der Waals surface area contributed by atoms with E-state index in [0.29, 0.717) is 6.42 Å². The van der Waals surface area contributed by atoms with E-state index in [4.69, 9.17) is 0 Å². The predicted molar refractivity (Wildman–Crippen MR) is 80.7 cm³/mol. The SMILES string of the molecule is OCC1C(C2CC3C(O)C(O)CC32O)C(O)C2C3C(O)C(O)[C@@]3(O)C12. The van der Waals surface area contributed by atoms with Crippen LogP contribution in [0.3, 0.4) is 0 Å². The van der Waals surface area contributed by atoms with Gasteiger partial charge >= 0.3 is 0 Å². The zero-order valence-corrected chi connectivity index (χ0v) is 13.6. The second-order valence-corrected chi connectivity index (χ2v) is 9.07. The van der Waals surface area contributed by atoms with Gasteiger partial charge in [0.2, 0.25) is 0 Å². The van der Waals surface area contributed by atoms with E-state index >= 15 is 0 Å². The van der Waals surface area contributed by atoms with Gasteiger partial charge in [-0.25, -0.2) is 0 Å². The van der Waals surface area contributed by atoms with Crippen LogP contribution in [0, 0.1) is 41.4 Å². The van der Waals surface area contributed by atoms with E-state index in [1.807, 2.05) is 0 Å². The van der Waals surface area contributed by atoms with Crippen LogP contribution in [0.2, 0.25) is 0 Å². The normalized spacial score (nSPS) is 70.6. The Kier molecular flexibility index (Phi) is 3.19. The Morgan fingerprint density at radius 1 is 0.800 bits per heavy atom. The third-order valence-corrected chi connectivity index (χ3v) is 8.62. The maximum Gasteiger partial charge on any atom is 0.110 e. The average Bonchev–Trinajstić information content (AvgIpc) is 2.90. The molecule has 8 heteroatoms. The number of aliphatic hydroxyl groups excluding tert-OH is 6. The van der Waals surface area contributed by atoms with Crippen molar-refractivity contribution in [3.05, 3.63) is 0 Å². The largest absolute Gasteiger partial charge is 0.396 e. The minimum Gasteiger partial charge on any atom is -0.396 e. The molecule has 5 aliphatic carbocycles. The summed E-state index contributed by atoms with van der Waals surface area (Å²) in [7, 11) is 0. The summed E-state index contributed by atoms with van der Waals surface area (Å²) in [6.45, 7) is -0.302. The molecule has 5 fully saturated rings. The zero-order chi connectivity index (χ0) is 18.0. The van der Waals surface area contributed by atoms with Gasteiger partial charge in [0.15, 0.2) is 0 Å². The highest BCUT2D eigenvalue weighted by atomic mass is 16.4. The molecule has 0 aromatic rings. The van der Waals surface area contributed by atoms with Crippen molar-refractivity contribution in [2.45, 2.75) is 54.6 Å². The molecule has 25 heavy (non-hydrogen) atoms. The van der Waals surface area contributed by atoms with Crippen molar-refractivity contribution < 1.29 is 40.9 Å². The third-order valence-electron chi connectivity index (χ3n) is 8.62. The lowest BCUT2D eigenvalue weighted by atomic mass is 9.40. The van der Waals surface area contributed by atoms with Gasteiger partial charge in [-0.1, -0.05) is 0 Å². The Balaban J connectivity index is 1.46. The maximum absolute atomic E-state index is 11.0. The lowest BCUT2D eigenvalue weighted by Gasteiger charge is -2.69. The van der Waals surface area contributed by atoms with E-state index in [0.717, 1.165) is 0 Å². The number of aliphatic hydroxyl groups is 8. The van der Waals surface area contributed by atoms with Crippen molar-refractivity contribution in [2.24, 2.45) is 41.4 Å². The Hall–Kier alpha value is -0.320.